The van der Waals surface area contributed by atoms with Crippen molar-refractivity contribution in [1.29, 1.82) is 0 Å². The zero-order valence-electron chi connectivity index (χ0n) is 10.5. The number of hydrogen-bond donors (Lipinski definition) is 2. The van der Waals surface area contributed by atoms with Gasteiger partial charge in [0.25, 0.3) is 11.5 Å². The first-order valence-electron chi connectivity index (χ1n) is 5.61. The van der Waals surface area contributed by atoms with Gasteiger partial charge in [-0.3, -0.25) is 9.59 Å². The van der Waals surface area contributed by atoms with Crippen LogP contribution in [0.3, 0.4) is 0 Å². The van der Waals surface area contributed by atoms with Crippen LogP contribution in [0.4, 0.5) is 5.82 Å². The second kappa shape index (κ2) is 5.36. The van der Waals surface area contributed by atoms with Gasteiger partial charge in [-0.25, -0.2) is 4.98 Å². The number of nitrogens with one attached hydrogen (secondary N) is 2. The average Bonchev–Trinajstić information content (AvgIpc) is 2.32. The third-order valence-electron chi connectivity index (χ3n) is 2.58. The van der Waals surface area contributed by atoms with E-state index in [1.807, 2.05) is 13.0 Å². The number of rotatable bonds is 2. The number of halogens is 1. The van der Waals surface area contributed by atoms with Gasteiger partial charge in [-0.05, 0) is 53.5 Å². The lowest BCUT2D eigenvalue weighted by atomic mass is 10.2. The van der Waals surface area contributed by atoms with E-state index < -0.39 is 11.5 Å². The Labute approximate surface area is 118 Å². The molecule has 1 amide bonds. The molecule has 0 saturated carbocycles. The second-order valence-corrected chi connectivity index (χ2v) is 5.07. The zero-order chi connectivity index (χ0) is 14.0. The molecule has 6 heteroatoms. The van der Waals surface area contributed by atoms with Crippen molar-refractivity contribution in [3.8, 4) is 0 Å². The van der Waals surface area contributed by atoms with Gasteiger partial charge in [-0.1, -0.05) is 0 Å². The lowest BCUT2D eigenvalue weighted by Crippen LogP contribution is -2.24. The number of carbonyl (C=O) groups excluding carboxylic acids is 1. The average molecular weight is 322 g/mol. The second-order valence-electron chi connectivity index (χ2n) is 4.16. The van der Waals surface area contributed by atoms with Gasteiger partial charge in [0.1, 0.15) is 11.4 Å². The lowest BCUT2D eigenvalue weighted by Gasteiger charge is -2.07. The minimum atomic E-state index is -0.473. The van der Waals surface area contributed by atoms with E-state index in [0.29, 0.717) is 11.5 Å². The summed E-state index contributed by atoms with van der Waals surface area (Å²) in [5.41, 5.74) is 1.17. The summed E-state index contributed by atoms with van der Waals surface area (Å²) < 4.78 is 0.830. The van der Waals surface area contributed by atoms with E-state index in [-0.39, 0.29) is 5.56 Å². The van der Waals surface area contributed by atoms with Crippen LogP contribution >= 0.6 is 15.9 Å². The van der Waals surface area contributed by atoms with Crippen LogP contribution in [0.15, 0.2) is 33.7 Å². The van der Waals surface area contributed by atoms with Crippen LogP contribution in [0.2, 0.25) is 0 Å². The maximum atomic E-state index is 12.0. The molecule has 0 atom stereocenters. The van der Waals surface area contributed by atoms with Gasteiger partial charge in [0.05, 0.1) is 0 Å². The summed E-state index contributed by atoms with van der Waals surface area (Å²) >= 11 is 3.30. The molecule has 2 rings (SSSR count). The molecule has 0 aliphatic rings. The molecule has 0 unspecified atom stereocenters. The molecule has 2 aromatic heterocycles. The SMILES string of the molecule is Cc1ccc(C(=O)Nc2ncc(Br)cc2C)c(=O)[nH]1. The highest BCUT2D eigenvalue weighted by atomic mass is 79.9. The molecule has 2 aromatic rings. The highest BCUT2D eigenvalue weighted by Crippen LogP contribution is 2.17. The molecule has 2 heterocycles. The molecule has 19 heavy (non-hydrogen) atoms. The van der Waals surface area contributed by atoms with E-state index in [4.69, 9.17) is 0 Å². The number of nitrogens with zero attached hydrogens (tertiary/aromatic N) is 1. The zero-order valence-corrected chi connectivity index (χ0v) is 12.0. The third kappa shape index (κ3) is 3.08. The van der Waals surface area contributed by atoms with Crippen molar-refractivity contribution in [1.82, 2.24) is 9.97 Å². The van der Waals surface area contributed by atoms with Gasteiger partial charge in [0.2, 0.25) is 0 Å². The van der Waals surface area contributed by atoms with Crippen LogP contribution in [0.1, 0.15) is 21.6 Å². The number of carbonyl (C=O) groups is 1. The van der Waals surface area contributed by atoms with Crippen molar-refractivity contribution in [3.05, 3.63) is 56.0 Å². The maximum Gasteiger partial charge on any atom is 0.262 e. The quantitative estimate of drug-likeness (QED) is 0.891. The summed E-state index contributed by atoms with van der Waals surface area (Å²) in [6.45, 7) is 3.58. The van der Waals surface area contributed by atoms with Crippen molar-refractivity contribution in [2.24, 2.45) is 0 Å². The summed E-state index contributed by atoms with van der Waals surface area (Å²) in [7, 11) is 0. The molecule has 0 fully saturated rings. The molecule has 0 aliphatic carbocycles. The van der Waals surface area contributed by atoms with Gasteiger partial charge < -0.3 is 10.3 Å². The Hall–Kier alpha value is -1.95. The first-order chi connectivity index (χ1) is 8.97. The van der Waals surface area contributed by atoms with Gasteiger partial charge in [0, 0.05) is 16.4 Å². The van der Waals surface area contributed by atoms with E-state index in [1.54, 1.807) is 19.2 Å². The predicted molar refractivity (Wildman–Crippen MR) is 76.4 cm³/mol. The number of anilines is 1. The summed E-state index contributed by atoms with van der Waals surface area (Å²) in [4.78, 5) is 30.4. The number of aryl methyl sites for hydroxylation is 2. The topological polar surface area (TPSA) is 74.8 Å². The standard InChI is InChI=1S/C13H12BrN3O2/c1-7-5-9(14)6-15-11(7)17-13(19)10-4-3-8(2)16-12(10)18/h3-6H,1-2H3,(H,16,18)(H,15,17,19). The van der Waals surface area contributed by atoms with Crippen LogP contribution < -0.4 is 10.9 Å². The van der Waals surface area contributed by atoms with Crippen LogP contribution in [-0.4, -0.2) is 15.9 Å². The molecule has 0 radical (unpaired) electrons. The maximum absolute atomic E-state index is 12.0. The highest BCUT2D eigenvalue weighted by molar-refractivity contribution is 9.10. The predicted octanol–water partition coefficient (Wildman–Crippen LogP) is 2.40. The Morgan fingerprint density at radius 2 is 2.11 bits per heavy atom. The van der Waals surface area contributed by atoms with E-state index in [1.165, 1.54) is 6.07 Å². The molecule has 5 nitrogen and oxygen atoms in total. The van der Waals surface area contributed by atoms with Gasteiger partial charge in [0.15, 0.2) is 0 Å². The van der Waals surface area contributed by atoms with Gasteiger partial charge in [-0.2, -0.15) is 0 Å². The molecular weight excluding hydrogens is 310 g/mol. The third-order valence-corrected chi connectivity index (χ3v) is 3.01. The minimum Gasteiger partial charge on any atom is -0.326 e. The molecule has 2 N–H and O–H groups in total. The van der Waals surface area contributed by atoms with E-state index in [2.05, 4.69) is 31.2 Å². The summed E-state index contributed by atoms with van der Waals surface area (Å²) in [5.74, 6) is -0.0349. The highest BCUT2D eigenvalue weighted by Gasteiger charge is 2.12. The fourth-order valence-corrected chi connectivity index (χ4v) is 2.04. The van der Waals surface area contributed by atoms with Crippen LogP contribution in [0, 0.1) is 13.8 Å². The Bertz CT molecular complexity index is 695. The van der Waals surface area contributed by atoms with Crippen molar-refractivity contribution >= 4 is 27.7 Å². The fraction of sp³-hybridized carbons (Fsp3) is 0.154. The minimum absolute atomic E-state index is 0.0646. The normalized spacial score (nSPS) is 10.3. The molecule has 0 saturated heterocycles. The van der Waals surface area contributed by atoms with E-state index in [0.717, 1.165) is 10.0 Å². The molecule has 0 aromatic carbocycles. The molecular formula is C13H12BrN3O2. The Kier molecular flexibility index (Phi) is 3.80. The summed E-state index contributed by atoms with van der Waals surface area (Å²) in [6.07, 6.45) is 1.59. The Balaban J connectivity index is 2.28. The first kappa shape index (κ1) is 13.5. The summed E-state index contributed by atoms with van der Waals surface area (Å²) in [5, 5.41) is 2.62. The number of amides is 1. The molecule has 98 valence electrons. The van der Waals surface area contributed by atoms with Crippen LogP contribution in [0.5, 0.6) is 0 Å². The number of aromatic nitrogens is 2. The Morgan fingerprint density at radius 3 is 2.74 bits per heavy atom. The van der Waals surface area contributed by atoms with Gasteiger partial charge >= 0.3 is 0 Å². The lowest BCUT2D eigenvalue weighted by molar-refractivity contribution is 0.102. The summed E-state index contributed by atoms with van der Waals surface area (Å²) in [6, 6.07) is 5.01. The van der Waals surface area contributed by atoms with E-state index >= 15 is 0 Å². The molecule has 0 bridgehead atoms. The van der Waals surface area contributed by atoms with Crippen LogP contribution in [0.25, 0.3) is 0 Å². The van der Waals surface area contributed by atoms with E-state index in [9.17, 15) is 9.59 Å². The molecule has 0 aliphatic heterocycles. The first-order valence-corrected chi connectivity index (χ1v) is 6.40. The van der Waals surface area contributed by atoms with Crippen molar-refractivity contribution in [2.75, 3.05) is 5.32 Å². The molecule has 0 spiro atoms. The van der Waals surface area contributed by atoms with Crippen molar-refractivity contribution in [3.63, 3.8) is 0 Å². The number of H-pyrrole nitrogens is 1. The van der Waals surface area contributed by atoms with Crippen LogP contribution in [-0.2, 0) is 0 Å². The smallest absolute Gasteiger partial charge is 0.262 e. The number of aromatic amines is 1. The van der Waals surface area contributed by atoms with Crippen molar-refractivity contribution in [2.45, 2.75) is 13.8 Å². The monoisotopic (exact) mass is 321 g/mol. The number of hydrogen-bond acceptors (Lipinski definition) is 3. The largest absolute Gasteiger partial charge is 0.326 e. The fourth-order valence-electron chi connectivity index (χ4n) is 1.60. The van der Waals surface area contributed by atoms with Crippen molar-refractivity contribution < 1.29 is 4.79 Å². The van der Waals surface area contributed by atoms with Gasteiger partial charge in [-0.15, -0.1) is 0 Å². The Morgan fingerprint density at radius 1 is 1.37 bits per heavy atom. The number of pyridine rings is 2.